The summed E-state index contributed by atoms with van der Waals surface area (Å²) in [5, 5.41) is 0. The van der Waals surface area contributed by atoms with Crippen LogP contribution in [0.4, 0.5) is 0 Å². The summed E-state index contributed by atoms with van der Waals surface area (Å²) in [6.45, 7) is 3.21. The zero-order valence-electron chi connectivity index (χ0n) is 16.1. The Morgan fingerprint density at radius 2 is 1.59 bits per heavy atom. The minimum Gasteiger partial charge on any atom is -1.00 e. The third-order valence-corrected chi connectivity index (χ3v) is 6.50. The zero-order valence-corrected chi connectivity index (χ0v) is 17.7. The molecule has 2 aromatic carbocycles. The van der Waals surface area contributed by atoms with Gasteiger partial charge < -0.3 is 26.2 Å². The van der Waals surface area contributed by atoms with E-state index in [1.165, 1.54) is 24.0 Å². The molecule has 4 atom stereocenters. The fourth-order valence-electron chi connectivity index (χ4n) is 4.93. The average Bonchev–Trinajstić information content (AvgIpc) is 2.82. The largest absolute Gasteiger partial charge is 1.00 e. The minimum atomic E-state index is -0.176. The van der Waals surface area contributed by atoms with E-state index in [-0.39, 0.29) is 29.1 Å². The highest BCUT2D eigenvalue weighted by Crippen LogP contribution is 2.43. The molecule has 0 spiro atoms. The molecule has 2 saturated heterocycles. The molecule has 0 saturated carbocycles. The third-order valence-electron chi connectivity index (χ3n) is 6.50. The van der Waals surface area contributed by atoms with Crippen LogP contribution in [0.5, 0.6) is 0 Å². The van der Waals surface area contributed by atoms with Gasteiger partial charge in [-0.05, 0) is 19.1 Å². The van der Waals surface area contributed by atoms with Crippen LogP contribution in [0.15, 0.2) is 54.6 Å². The second-order valence-corrected chi connectivity index (χ2v) is 8.24. The first-order valence-electron chi connectivity index (χ1n) is 9.71. The summed E-state index contributed by atoms with van der Waals surface area (Å²) in [5.74, 6) is -0.176. The van der Waals surface area contributed by atoms with Crippen molar-refractivity contribution in [2.45, 2.75) is 57.3 Å². The monoisotopic (exact) mass is 429 g/mol. The van der Waals surface area contributed by atoms with Gasteiger partial charge in [0, 0.05) is 31.2 Å². The predicted molar refractivity (Wildman–Crippen MR) is 103 cm³/mol. The highest BCUT2D eigenvalue weighted by Gasteiger charge is 2.52. The number of hydrogen-bond acceptors (Lipinski definition) is 2. The summed E-state index contributed by atoms with van der Waals surface area (Å²) >= 11 is 0. The van der Waals surface area contributed by atoms with Crippen molar-refractivity contribution in [1.29, 1.82) is 0 Å². The highest BCUT2D eigenvalue weighted by molar-refractivity contribution is 5.89. The fourth-order valence-corrected chi connectivity index (χ4v) is 4.93. The van der Waals surface area contributed by atoms with E-state index in [0.29, 0.717) is 17.6 Å². The van der Waals surface area contributed by atoms with Crippen molar-refractivity contribution in [3.63, 3.8) is 0 Å². The normalized spacial score (nSPS) is 29.0. The average molecular weight is 430 g/mol. The summed E-state index contributed by atoms with van der Waals surface area (Å²) in [6, 6.07) is 19.5. The number of hydrogen-bond donors (Lipinski definition) is 0. The van der Waals surface area contributed by atoms with E-state index in [4.69, 9.17) is 4.74 Å². The van der Waals surface area contributed by atoms with E-state index in [0.717, 1.165) is 23.9 Å². The summed E-state index contributed by atoms with van der Waals surface area (Å²) < 4.78 is 6.97. The molecule has 2 aliphatic heterocycles. The van der Waals surface area contributed by atoms with Crippen LogP contribution in [0.2, 0.25) is 0 Å². The lowest BCUT2D eigenvalue weighted by Gasteiger charge is -2.46. The SMILES string of the molecule is Cc1ccc(C[N+]2(C)[C@@H]3CC[C@H]2CC(OC(=O)c2ccccc2)C3)cc1.[Br-]. The maximum atomic E-state index is 12.4. The Balaban J connectivity index is 0.00000210. The number of fused-ring (bicyclic) bond motifs is 2. The summed E-state index contributed by atoms with van der Waals surface area (Å²) in [6.07, 6.45) is 4.51. The Hall–Kier alpha value is -1.65. The molecule has 4 rings (SSSR count). The van der Waals surface area contributed by atoms with Crippen molar-refractivity contribution in [2.75, 3.05) is 7.05 Å². The molecule has 2 aliphatic rings. The molecule has 2 fully saturated rings. The predicted octanol–water partition coefficient (Wildman–Crippen LogP) is 1.50. The molecule has 2 heterocycles. The lowest BCUT2D eigenvalue weighted by atomic mass is 9.95. The van der Waals surface area contributed by atoms with E-state index in [2.05, 4.69) is 38.2 Å². The number of nitrogens with zero attached hydrogens (tertiary/aromatic N) is 1. The smallest absolute Gasteiger partial charge is 0.338 e. The van der Waals surface area contributed by atoms with Gasteiger partial charge in [0.1, 0.15) is 12.6 Å². The molecule has 3 nitrogen and oxygen atoms in total. The van der Waals surface area contributed by atoms with E-state index >= 15 is 0 Å². The number of esters is 1. The summed E-state index contributed by atoms with van der Waals surface area (Å²) in [7, 11) is 2.40. The Kier molecular flexibility index (Phi) is 6.07. The Morgan fingerprint density at radius 3 is 2.19 bits per heavy atom. The maximum Gasteiger partial charge on any atom is 0.338 e. The van der Waals surface area contributed by atoms with Crippen LogP contribution in [0.25, 0.3) is 0 Å². The first kappa shape index (κ1) is 20.1. The molecule has 27 heavy (non-hydrogen) atoms. The molecule has 0 aliphatic carbocycles. The van der Waals surface area contributed by atoms with Crippen LogP contribution in [-0.2, 0) is 11.3 Å². The second kappa shape index (κ2) is 8.15. The lowest BCUT2D eigenvalue weighted by molar-refractivity contribution is -0.961. The number of quaternary nitrogens is 1. The van der Waals surface area contributed by atoms with Crippen molar-refractivity contribution >= 4 is 5.97 Å². The van der Waals surface area contributed by atoms with Gasteiger partial charge in [0.25, 0.3) is 0 Å². The van der Waals surface area contributed by atoms with Crippen molar-refractivity contribution in [3.05, 3.63) is 71.3 Å². The zero-order chi connectivity index (χ0) is 18.1. The number of aryl methyl sites for hydroxylation is 1. The number of carbonyl (C=O) groups is 1. The van der Waals surface area contributed by atoms with Crippen LogP contribution < -0.4 is 17.0 Å². The third kappa shape index (κ3) is 4.12. The molecule has 0 aromatic heterocycles. The van der Waals surface area contributed by atoms with Crippen LogP contribution in [0.1, 0.15) is 47.2 Å². The molecule has 0 amide bonds. The second-order valence-electron chi connectivity index (χ2n) is 8.24. The van der Waals surface area contributed by atoms with Gasteiger partial charge in [0.15, 0.2) is 0 Å². The Bertz CT molecular complexity index is 761. The van der Waals surface area contributed by atoms with Crippen molar-refractivity contribution in [2.24, 2.45) is 0 Å². The highest BCUT2D eigenvalue weighted by atomic mass is 79.9. The molecule has 0 N–H and O–H groups in total. The number of rotatable bonds is 4. The van der Waals surface area contributed by atoms with Gasteiger partial charge in [0.05, 0.1) is 24.7 Å². The first-order chi connectivity index (χ1) is 12.5. The fraction of sp³-hybridized carbons (Fsp3) is 0.435. The van der Waals surface area contributed by atoms with Crippen LogP contribution in [0, 0.1) is 6.92 Å². The maximum absolute atomic E-state index is 12.4. The van der Waals surface area contributed by atoms with Crippen LogP contribution in [-0.4, -0.2) is 35.7 Å². The molecule has 144 valence electrons. The van der Waals surface area contributed by atoms with Gasteiger partial charge in [-0.2, -0.15) is 0 Å². The molecule has 0 radical (unpaired) electrons. The van der Waals surface area contributed by atoms with E-state index in [1.807, 2.05) is 30.3 Å². The van der Waals surface area contributed by atoms with E-state index in [1.54, 1.807) is 0 Å². The molecule has 2 bridgehead atoms. The van der Waals surface area contributed by atoms with Gasteiger partial charge in [-0.1, -0.05) is 48.0 Å². The van der Waals surface area contributed by atoms with Crippen LogP contribution >= 0.6 is 0 Å². The van der Waals surface area contributed by atoms with Gasteiger partial charge in [-0.25, -0.2) is 4.79 Å². The van der Waals surface area contributed by atoms with E-state index < -0.39 is 0 Å². The topological polar surface area (TPSA) is 26.3 Å². The standard InChI is InChI=1S/C23H28NO2.BrH/c1-17-8-10-18(11-9-17)16-24(2)20-12-13-21(24)15-22(14-20)26-23(25)19-6-4-3-5-7-19;/h3-11,20-22H,12-16H2,1-2H3;1H/q+1;/p-1/t20-,21+,22?,24?;. The number of halogens is 1. The number of piperidine rings is 1. The van der Waals surface area contributed by atoms with Gasteiger partial charge >= 0.3 is 5.97 Å². The summed E-state index contributed by atoms with van der Waals surface area (Å²) in [4.78, 5) is 12.4. The molecular formula is C23H28BrNO2. The Labute approximate surface area is 172 Å². The first-order valence-corrected chi connectivity index (χ1v) is 9.71. The molecular weight excluding hydrogens is 402 g/mol. The molecule has 4 heteroatoms. The molecule has 2 aromatic rings. The van der Waals surface area contributed by atoms with Crippen LogP contribution in [0.3, 0.4) is 0 Å². The van der Waals surface area contributed by atoms with E-state index in [9.17, 15) is 4.79 Å². The van der Waals surface area contributed by atoms with Gasteiger partial charge in [-0.15, -0.1) is 0 Å². The minimum absolute atomic E-state index is 0. The van der Waals surface area contributed by atoms with Crippen molar-refractivity contribution in [1.82, 2.24) is 0 Å². The van der Waals surface area contributed by atoms with Crippen molar-refractivity contribution < 1.29 is 31.0 Å². The number of carbonyl (C=O) groups excluding carboxylic acids is 1. The number of ether oxygens (including phenoxy) is 1. The van der Waals surface area contributed by atoms with Crippen molar-refractivity contribution in [3.8, 4) is 0 Å². The molecule has 2 unspecified atom stereocenters. The lowest BCUT2D eigenvalue weighted by Crippen LogP contribution is -3.00. The Morgan fingerprint density at radius 1 is 1.00 bits per heavy atom. The van der Waals surface area contributed by atoms with Gasteiger partial charge in [-0.3, -0.25) is 0 Å². The number of benzene rings is 2. The van der Waals surface area contributed by atoms with Gasteiger partial charge in [0.2, 0.25) is 0 Å². The quantitative estimate of drug-likeness (QED) is 0.543. The summed E-state index contributed by atoms with van der Waals surface area (Å²) in [5.41, 5.74) is 3.38.